The van der Waals surface area contributed by atoms with Crippen LogP contribution >= 0.6 is 24.0 Å². The molecule has 1 unspecified atom stereocenters. The van der Waals surface area contributed by atoms with Gasteiger partial charge in [-0.1, -0.05) is 30.7 Å². The van der Waals surface area contributed by atoms with Gasteiger partial charge in [0, 0.05) is 11.1 Å². The number of nitrogens with one attached hydrogen (secondary N) is 1. The van der Waals surface area contributed by atoms with Gasteiger partial charge in [-0.3, -0.25) is 4.90 Å². The molecule has 4 heteroatoms. The number of nitrogens with zero attached hydrogens (tertiary/aromatic N) is 1. The second kappa shape index (κ2) is 8.89. The molecule has 0 aromatic heterocycles. The minimum Gasteiger partial charge on any atom is -0.319 e. The zero-order valence-electron chi connectivity index (χ0n) is 12.4. The van der Waals surface area contributed by atoms with Gasteiger partial charge in [-0.05, 0) is 69.6 Å². The van der Waals surface area contributed by atoms with E-state index in [-0.39, 0.29) is 12.4 Å². The van der Waals surface area contributed by atoms with Crippen LogP contribution in [0.15, 0.2) is 24.3 Å². The Bertz CT molecular complexity index is 373. The number of halogens is 2. The fourth-order valence-electron chi connectivity index (χ4n) is 3.15. The first kappa shape index (κ1) is 17.8. The standard InChI is InChI=1S/C16H25ClN2.ClH/c1-3-16(14-4-6-15(17)7-5-14)19-10-8-13(9-11-19)12-18-2;/h4-7,13,16,18H,3,8-12H2,1-2H3;1H. The van der Waals surface area contributed by atoms with E-state index in [2.05, 4.69) is 36.3 Å². The van der Waals surface area contributed by atoms with Crippen molar-refractivity contribution in [3.63, 3.8) is 0 Å². The maximum absolute atomic E-state index is 5.98. The van der Waals surface area contributed by atoms with Crippen LogP contribution in [0.1, 0.15) is 37.8 Å². The number of benzene rings is 1. The SMILES string of the molecule is CCC(c1ccc(Cl)cc1)N1CCC(CNC)CC1.Cl. The molecule has 1 saturated heterocycles. The van der Waals surface area contributed by atoms with Gasteiger partial charge in [0.05, 0.1) is 0 Å². The van der Waals surface area contributed by atoms with Crippen LogP contribution in [0.2, 0.25) is 5.02 Å². The van der Waals surface area contributed by atoms with Crippen LogP contribution in [0.25, 0.3) is 0 Å². The Kier molecular flexibility index (Phi) is 7.90. The second-order valence-electron chi connectivity index (χ2n) is 5.51. The summed E-state index contributed by atoms with van der Waals surface area (Å²) in [5.74, 6) is 0.851. The average Bonchev–Trinajstić information content (AvgIpc) is 2.44. The first-order valence-electron chi connectivity index (χ1n) is 7.38. The van der Waals surface area contributed by atoms with Gasteiger partial charge in [0.1, 0.15) is 0 Å². The molecule has 0 spiro atoms. The summed E-state index contributed by atoms with van der Waals surface area (Å²) in [5, 5.41) is 4.13. The van der Waals surface area contributed by atoms with Crippen LogP contribution in [0.4, 0.5) is 0 Å². The van der Waals surface area contributed by atoms with E-state index in [0.717, 1.165) is 17.5 Å². The Balaban J connectivity index is 0.00000200. The summed E-state index contributed by atoms with van der Waals surface area (Å²) < 4.78 is 0. The van der Waals surface area contributed by atoms with Crippen LogP contribution in [0.5, 0.6) is 0 Å². The van der Waals surface area contributed by atoms with Gasteiger partial charge in [0.25, 0.3) is 0 Å². The third-order valence-corrected chi connectivity index (χ3v) is 4.48. The lowest BCUT2D eigenvalue weighted by atomic mass is 9.93. The summed E-state index contributed by atoms with van der Waals surface area (Å²) in [6, 6.07) is 8.92. The van der Waals surface area contributed by atoms with Gasteiger partial charge in [0.15, 0.2) is 0 Å². The molecule has 1 aliphatic heterocycles. The van der Waals surface area contributed by atoms with E-state index in [1.807, 2.05) is 12.1 Å². The van der Waals surface area contributed by atoms with Crippen molar-refractivity contribution in [3.8, 4) is 0 Å². The fourth-order valence-corrected chi connectivity index (χ4v) is 3.27. The van der Waals surface area contributed by atoms with E-state index in [1.54, 1.807) is 0 Å². The fraction of sp³-hybridized carbons (Fsp3) is 0.625. The summed E-state index contributed by atoms with van der Waals surface area (Å²) in [5.41, 5.74) is 1.40. The number of piperidine rings is 1. The van der Waals surface area contributed by atoms with Crippen molar-refractivity contribution in [2.45, 2.75) is 32.2 Å². The predicted molar refractivity (Wildman–Crippen MR) is 90.0 cm³/mol. The molecule has 2 rings (SSSR count). The van der Waals surface area contributed by atoms with E-state index in [4.69, 9.17) is 11.6 Å². The van der Waals surface area contributed by atoms with E-state index < -0.39 is 0 Å². The third-order valence-electron chi connectivity index (χ3n) is 4.22. The maximum atomic E-state index is 5.98. The van der Waals surface area contributed by atoms with E-state index >= 15 is 0 Å². The summed E-state index contributed by atoms with van der Waals surface area (Å²) in [4.78, 5) is 2.63. The average molecular weight is 317 g/mol. The minimum atomic E-state index is 0. The zero-order chi connectivity index (χ0) is 13.7. The minimum absolute atomic E-state index is 0. The van der Waals surface area contributed by atoms with Gasteiger partial charge in [-0.25, -0.2) is 0 Å². The van der Waals surface area contributed by atoms with Crippen LogP contribution in [-0.2, 0) is 0 Å². The molecule has 1 fully saturated rings. The highest BCUT2D eigenvalue weighted by atomic mass is 35.5. The number of hydrogen-bond donors (Lipinski definition) is 1. The normalized spacial score (nSPS) is 18.6. The van der Waals surface area contributed by atoms with Crippen molar-refractivity contribution < 1.29 is 0 Å². The summed E-state index contributed by atoms with van der Waals surface area (Å²) in [7, 11) is 2.05. The molecule has 1 aliphatic rings. The molecule has 0 bridgehead atoms. The molecule has 0 saturated carbocycles. The lowest BCUT2D eigenvalue weighted by molar-refractivity contribution is 0.129. The van der Waals surface area contributed by atoms with Gasteiger partial charge in [-0.2, -0.15) is 0 Å². The molecule has 1 aromatic carbocycles. The molecule has 1 aromatic rings. The maximum Gasteiger partial charge on any atom is 0.0406 e. The Labute approximate surface area is 134 Å². The van der Waals surface area contributed by atoms with Gasteiger partial charge < -0.3 is 5.32 Å². The summed E-state index contributed by atoms with van der Waals surface area (Å²) in [6.07, 6.45) is 3.79. The van der Waals surface area contributed by atoms with Gasteiger partial charge in [0.2, 0.25) is 0 Å². The molecule has 1 heterocycles. The summed E-state index contributed by atoms with van der Waals surface area (Å²) >= 11 is 5.98. The van der Waals surface area contributed by atoms with E-state index in [1.165, 1.54) is 37.9 Å². The van der Waals surface area contributed by atoms with Crippen LogP contribution in [-0.4, -0.2) is 31.6 Å². The Morgan fingerprint density at radius 2 is 1.85 bits per heavy atom. The van der Waals surface area contributed by atoms with Gasteiger partial charge in [-0.15, -0.1) is 12.4 Å². The molecule has 1 N–H and O–H groups in total. The van der Waals surface area contributed by atoms with Crippen molar-refractivity contribution in [3.05, 3.63) is 34.9 Å². The van der Waals surface area contributed by atoms with E-state index in [9.17, 15) is 0 Å². The molecular weight excluding hydrogens is 291 g/mol. The molecule has 0 radical (unpaired) electrons. The highest BCUT2D eigenvalue weighted by molar-refractivity contribution is 6.30. The van der Waals surface area contributed by atoms with E-state index in [0.29, 0.717) is 6.04 Å². The molecule has 2 nitrogen and oxygen atoms in total. The molecule has 1 atom stereocenters. The molecular formula is C16H26Cl2N2. The van der Waals surface area contributed by atoms with Crippen LogP contribution < -0.4 is 5.32 Å². The first-order valence-corrected chi connectivity index (χ1v) is 7.76. The van der Waals surface area contributed by atoms with Crippen molar-refractivity contribution in [2.75, 3.05) is 26.7 Å². The smallest absolute Gasteiger partial charge is 0.0406 e. The predicted octanol–water partition coefficient (Wildman–Crippen LogP) is 4.14. The largest absolute Gasteiger partial charge is 0.319 e. The Hall–Kier alpha value is -0.280. The van der Waals surface area contributed by atoms with Crippen molar-refractivity contribution >= 4 is 24.0 Å². The third kappa shape index (κ3) is 4.63. The quantitative estimate of drug-likeness (QED) is 0.878. The lowest BCUT2D eigenvalue weighted by Gasteiger charge is -2.37. The Morgan fingerprint density at radius 1 is 1.25 bits per heavy atom. The number of likely N-dealkylation sites (tertiary alicyclic amines) is 1. The lowest BCUT2D eigenvalue weighted by Crippen LogP contribution is -2.38. The van der Waals surface area contributed by atoms with Crippen molar-refractivity contribution in [1.29, 1.82) is 0 Å². The van der Waals surface area contributed by atoms with Gasteiger partial charge >= 0.3 is 0 Å². The molecule has 0 aliphatic carbocycles. The topological polar surface area (TPSA) is 15.3 Å². The monoisotopic (exact) mass is 316 g/mol. The zero-order valence-corrected chi connectivity index (χ0v) is 14.0. The highest BCUT2D eigenvalue weighted by Gasteiger charge is 2.24. The number of hydrogen-bond acceptors (Lipinski definition) is 2. The highest BCUT2D eigenvalue weighted by Crippen LogP contribution is 2.29. The number of rotatable bonds is 5. The molecule has 20 heavy (non-hydrogen) atoms. The molecule has 0 amide bonds. The second-order valence-corrected chi connectivity index (χ2v) is 5.95. The molecule has 114 valence electrons. The van der Waals surface area contributed by atoms with Crippen LogP contribution in [0, 0.1) is 5.92 Å². The first-order chi connectivity index (χ1) is 9.24. The van der Waals surface area contributed by atoms with Crippen molar-refractivity contribution in [2.24, 2.45) is 5.92 Å². The van der Waals surface area contributed by atoms with Crippen molar-refractivity contribution in [1.82, 2.24) is 10.2 Å². The van der Waals surface area contributed by atoms with Crippen LogP contribution in [0.3, 0.4) is 0 Å². The Morgan fingerprint density at radius 3 is 2.35 bits per heavy atom. The summed E-state index contributed by atoms with van der Waals surface area (Å²) in [6.45, 7) is 5.87.